The Labute approximate surface area is 101 Å². The summed E-state index contributed by atoms with van der Waals surface area (Å²) in [4.78, 5) is 0. The second-order valence-electron chi connectivity index (χ2n) is 3.20. The molecule has 1 aromatic rings. The summed E-state index contributed by atoms with van der Waals surface area (Å²) in [6.07, 6.45) is 0. The number of halogens is 1. The first-order valence-electron chi connectivity index (χ1n) is 5.51. The third-order valence-electron chi connectivity index (χ3n) is 2.01. The standard InChI is InChI=1S/C12H18FNOS/c1-3-15-12-6-5-10(9-11(12)13)14-7-8-16-4-2/h5-6,9,14H,3-4,7-8H2,1-2H3. The van der Waals surface area contributed by atoms with E-state index in [4.69, 9.17) is 4.74 Å². The van der Waals surface area contributed by atoms with Gasteiger partial charge in [-0.3, -0.25) is 0 Å². The summed E-state index contributed by atoms with van der Waals surface area (Å²) in [6, 6.07) is 4.97. The maximum atomic E-state index is 13.4. The second-order valence-corrected chi connectivity index (χ2v) is 4.60. The molecule has 0 saturated carbocycles. The van der Waals surface area contributed by atoms with E-state index in [1.807, 2.05) is 24.8 Å². The monoisotopic (exact) mass is 243 g/mol. The molecule has 4 heteroatoms. The highest BCUT2D eigenvalue weighted by molar-refractivity contribution is 7.99. The van der Waals surface area contributed by atoms with E-state index < -0.39 is 0 Å². The van der Waals surface area contributed by atoms with Gasteiger partial charge in [-0.25, -0.2) is 4.39 Å². The van der Waals surface area contributed by atoms with E-state index in [9.17, 15) is 4.39 Å². The van der Waals surface area contributed by atoms with Gasteiger partial charge >= 0.3 is 0 Å². The number of nitrogens with one attached hydrogen (secondary N) is 1. The number of thioether (sulfide) groups is 1. The number of anilines is 1. The van der Waals surface area contributed by atoms with Gasteiger partial charge in [-0.15, -0.1) is 0 Å². The van der Waals surface area contributed by atoms with Crippen molar-refractivity contribution in [1.29, 1.82) is 0 Å². The van der Waals surface area contributed by atoms with Crippen molar-refractivity contribution in [2.24, 2.45) is 0 Å². The normalized spacial score (nSPS) is 10.2. The highest BCUT2D eigenvalue weighted by Gasteiger charge is 2.03. The van der Waals surface area contributed by atoms with E-state index in [1.54, 1.807) is 6.07 Å². The zero-order valence-electron chi connectivity index (χ0n) is 9.75. The number of hydrogen-bond donors (Lipinski definition) is 1. The predicted octanol–water partition coefficient (Wildman–Crippen LogP) is 3.39. The van der Waals surface area contributed by atoms with Gasteiger partial charge in [0, 0.05) is 24.1 Å². The minimum absolute atomic E-state index is 0.310. The Morgan fingerprint density at radius 1 is 1.38 bits per heavy atom. The lowest BCUT2D eigenvalue weighted by molar-refractivity contribution is 0.321. The largest absolute Gasteiger partial charge is 0.491 e. The van der Waals surface area contributed by atoms with Crippen molar-refractivity contribution in [3.05, 3.63) is 24.0 Å². The summed E-state index contributed by atoms with van der Waals surface area (Å²) in [5, 5.41) is 3.17. The second kappa shape index (κ2) is 7.39. The first kappa shape index (κ1) is 13.2. The average Bonchev–Trinajstić information content (AvgIpc) is 2.28. The van der Waals surface area contributed by atoms with Crippen LogP contribution in [0.25, 0.3) is 0 Å². The van der Waals surface area contributed by atoms with E-state index in [0.29, 0.717) is 12.4 Å². The minimum atomic E-state index is -0.310. The Morgan fingerprint density at radius 3 is 2.81 bits per heavy atom. The third-order valence-corrected chi connectivity index (χ3v) is 2.91. The fraction of sp³-hybridized carbons (Fsp3) is 0.500. The topological polar surface area (TPSA) is 21.3 Å². The molecule has 2 nitrogen and oxygen atoms in total. The molecule has 16 heavy (non-hydrogen) atoms. The van der Waals surface area contributed by atoms with Gasteiger partial charge in [0.05, 0.1) is 6.61 Å². The molecule has 1 aromatic carbocycles. The lowest BCUT2D eigenvalue weighted by Crippen LogP contribution is -2.05. The van der Waals surface area contributed by atoms with Crippen molar-refractivity contribution >= 4 is 17.4 Å². The van der Waals surface area contributed by atoms with Gasteiger partial charge in [-0.1, -0.05) is 6.92 Å². The molecule has 0 aliphatic rings. The van der Waals surface area contributed by atoms with E-state index in [0.717, 1.165) is 23.7 Å². The number of benzene rings is 1. The molecular weight excluding hydrogens is 225 g/mol. The van der Waals surface area contributed by atoms with Gasteiger partial charge in [0.1, 0.15) is 0 Å². The number of ether oxygens (including phenoxy) is 1. The van der Waals surface area contributed by atoms with Crippen LogP contribution in [0.15, 0.2) is 18.2 Å². The van der Waals surface area contributed by atoms with Crippen molar-refractivity contribution in [3.8, 4) is 5.75 Å². The maximum Gasteiger partial charge on any atom is 0.167 e. The Hall–Kier alpha value is -0.900. The molecule has 0 atom stereocenters. The molecule has 0 aromatic heterocycles. The number of rotatable bonds is 7. The fourth-order valence-corrected chi connectivity index (χ4v) is 1.83. The molecule has 0 fully saturated rings. The molecule has 1 N–H and O–H groups in total. The molecule has 0 heterocycles. The Bertz CT molecular complexity index is 320. The Kier molecular flexibility index (Phi) is 6.08. The van der Waals surface area contributed by atoms with Crippen LogP contribution in [-0.4, -0.2) is 24.7 Å². The zero-order valence-corrected chi connectivity index (χ0v) is 10.6. The molecule has 0 aliphatic carbocycles. The lowest BCUT2D eigenvalue weighted by atomic mass is 10.3. The van der Waals surface area contributed by atoms with Crippen LogP contribution in [0.1, 0.15) is 13.8 Å². The van der Waals surface area contributed by atoms with E-state index >= 15 is 0 Å². The molecule has 0 unspecified atom stereocenters. The number of hydrogen-bond acceptors (Lipinski definition) is 3. The summed E-state index contributed by atoms with van der Waals surface area (Å²) in [5.74, 6) is 2.15. The van der Waals surface area contributed by atoms with Gasteiger partial charge < -0.3 is 10.1 Å². The average molecular weight is 243 g/mol. The van der Waals surface area contributed by atoms with Gasteiger partial charge in [0.15, 0.2) is 11.6 Å². The van der Waals surface area contributed by atoms with Crippen molar-refractivity contribution in [3.63, 3.8) is 0 Å². The first-order valence-corrected chi connectivity index (χ1v) is 6.67. The highest BCUT2D eigenvalue weighted by atomic mass is 32.2. The summed E-state index contributed by atoms with van der Waals surface area (Å²) >= 11 is 1.86. The summed E-state index contributed by atoms with van der Waals surface area (Å²) in [5.41, 5.74) is 0.803. The van der Waals surface area contributed by atoms with Crippen LogP contribution in [0, 0.1) is 5.82 Å². The van der Waals surface area contributed by atoms with Crippen LogP contribution in [-0.2, 0) is 0 Å². The maximum absolute atomic E-state index is 13.4. The Balaban J connectivity index is 2.46. The highest BCUT2D eigenvalue weighted by Crippen LogP contribution is 2.21. The van der Waals surface area contributed by atoms with Gasteiger partial charge in [-0.2, -0.15) is 11.8 Å². The van der Waals surface area contributed by atoms with Crippen LogP contribution < -0.4 is 10.1 Å². The van der Waals surface area contributed by atoms with Gasteiger partial charge in [0.2, 0.25) is 0 Å². The molecule has 0 radical (unpaired) electrons. The quantitative estimate of drug-likeness (QED) is 0.742. The minimum Gasteiger partial charge on any atom is -0.491 e. The lowest BCUT2D eigenvalue weighted by Gasteiger charge is -2.08. The molecule has 0 bridgehead atoms. The molecule has 90 valence electrons. The zero-order chi connectivity index (χ0) is 11.8. The summed E-state index contributed by atoms with van der Waals surface area (Å²) in [7, 11) is 0. The van der Waals surface area contributed by atoms with E-state index in [1.165, 1.54) is 6.07 Å². The SMILES string of the molecule is CCOc1ccc(NCCSCC)cc1F. The van der Waals surface area contributed by atoms with Crippen LogP contribution in [0.3, 0.4) is 0 Å². The van der Waals surface area contributed by atoms with Crippen LogP contribution in [0.5, 0.6) is 5.75 Å². The van der Waals surface area contributed by atoms with Crippen molar-refractivity contribution in [2.75, 3.05) is 30.0 Å². The molecule has 0 aliphatic heterocycles. The van der Waals surface area contributed by atoms with E-state index in [-0.39, 0.29) is 5.82 Å². The molecular formula is C12H18FNOS. The summed E-state index contributed by atoms with van der Waals surface area (Å²) in [6.45, 7) is 5.30. The van der Waals surface area contributed by atoms with Crippen molar-refractivity contribution in [2.45, 2.75) is 13.8 Å². The fourth-order valence-electron chi connectivity index (χ4n) is 1.30. The predicted molar refractivity (Wildman–Crippen MR) is 69.1 cm³/mol. The third kappa shape index (κ3) is 4.31. The molecule has 0 amide bonds. The van der Waals surface area contributed by atoms with Crippen LogP contribution >= 0.6 is 11.8 Å². The molecule has 0 saturated heterocycles. The van der Waals surface area contributed by atoms with Crippen LogP contribution in [0.4, 0.5) is 10.1 Å². The van der Waals surface area contributed by atoms with Crippen molar-refractivity contribution < 1.29 is 9.13 Å². The molecule has 1 rings (SSSR count). The smallest absolute Gasteiger partial charge is 0.167 e. The van der Waals surface area contributed by atoms with Crippen LogP contribution in [0.2, 0.25) is 0 Å². The summed E-state index contributed by atoms with van der Waals surface area (Å²) < 4.78 is 18.6. The van der Waals surface area contributed by atoms with E-state index in [2.05, 4.69) is 12.2 Å². The van der Waals surface area contributed by atoms with Crippen molar-refractivity contribution in [1.82, 2.24) is 0 Å². The Morgan fingerprint density at radius 2 is 2.19 bits per heavy atom. The van der Waals surface area contributed by atoms with Gasteiger partial charge in [0.25, 0.3) is 0 Å². The van der Waals surface area contributed by atoms with Gasteiger partial charge in [-0.05, 0) is 24.8 Å². The first-order chi connectivity index (χ1) is 7.77. The molecule has 0 spiro atoms.